The van der Waals surface area contributed by atoms with E-state index in [1.807, 2.05) is 7.11 Å². The summed E-state index contributed by atoms with van der Waals surface area (Å²) in [7, 11) is 3.95. The van der Waals surface area contributed by atoms with Crippen LogP contribution in [0.3, 0.4) is 0 Å². The third-order valence-electron chi connectivity index (χ3n) is 4.62. The molecule has 1 aliphatic heterocycles. The molecule has 0 aromatic rings. The van der Waals surface area contributed by atoms with E-state index in [1.165, 1.54) is 51.6 Å². The molecule has 2 atom stereocenters. The van der Waals surface area contributed by atoms with E-state index in [0.29, 0.717) is 0 Å². The minimum Gasteiger partial charge on any atom is -0.384 e. The van der Waals surface area contributed by atoms with Crippen LogP contribution in [0.25, 0.3) is 0 Å². The Morgan fingerprint density at radius 2 is 1.82 bits per heavy atom. The Morgan fingerprint density at radius 1 is 1.12 bits per heavy atom. The molecule has 2 rings (SSSR count). The summed E-state index contributed by atoms with van der Waals surface area (Å²) in [6.07, 6.45) is 8.21. The largest absolute Gasteiger partial charge is 0.384 e. The molecule has 2 fully saturated rings. The number of methoxy groups -OCH3 is 1. The first-order chi connectivity index (χ1) is 8.35. The van der Waals surface area contributed by atoms with Crippen molar-refractivity contribution in [2.45, 2.75) is 50.6 Å². The van der Waals surface area contributed by atoms with Gasteiger partial charge in [-0.25, -0.2) is 0 Å². The second-order valence-electron chi connectivity index (χ2n) is 5.68. The van der Waals surface area contributed by atoms with Crippen molar-refractivity contribution in [2.75, 3.05) is 33.9 Å². The van der Waals surface area contributed by atoms with Crippen LogP contribution in [0.4, 0.5) is 0 Å². The van der Waals surface area contributed by atoms with Crippen molar-refractivity contribution in [1.82, 2.24) is 10.2 Å². The summed E-state index contributed by atoms with van der Waals surface area (Å²) in [4.78, 5) is 2.73. The number of piperidine rings is 1. The van der Waals surface area contributed by atoms with Crippen molar-refractivity contribution < 1.29 is 4.74 Å². The number of nitrogens with one attached hydrogen (secondary N) is 1. The summed E-state index contributed by atoms with van der Waals surface area (Å²) in [6, 6.07) is 1.51. The fraction of sp³-hybridized carbons (Fsp3) is 1.00. The van der Waals surface area contributed by atoms with Gasteiger partial charge in [0.1, 0.15) is 0 Å². The number of hydrogen-bond donors (Lipinski definition) is 1. The molecule has 1 aliphatic carbocycles. The average molecular weight is 240 g/mol. The first-order valence-corrected chi connectivity index (χ1v) is 7.25. The fourth-order valence-electron chi connectivity index (χ4n) is 3.57. The minimum atomic E-state index is 0.725. The quantitative estimate of drug-likeness (QED) is 0.812. The van der Waals surface area contributed by atoms with Crippen LogP contribution in [0.1, 0.15) is 38.5 Å². The number of nitrogens with zero attached hydrogens (tertiary/aromatic N) is 1. The molecule has 0 aromatic heterocycles. The molecule has 0 spiro atoms. The number of hydrogen-bond acceptors (Lipinski definition) is 3. The van der Waals surface area contributed by atoms with Gasteiger partial charge in [0.2, 0.25) is 0 Å². The Hall–Kier alpha value is -0.120. The third-order valence-corrected chi connectivity index (χ3v) is 4.62. The molecule has 2 aliphatic rings. The Morgan fingerprint density at radius 3 is 2.47 bits per heavy atom. The van der Waals surface area contributed by atoms with Crippen LogP contribution < -0.4 is 5.32 Å². The van der Waals surface area contributed by atoms with Crippen molar-refractivity contribution in [3.63, 3.8) is 0 Å². The second-order valence-corrected chi connectivity index (χ2v) is 5.68. The van der Waals surface area contributed by atoms with Crippen molar-refractivity contribution in [2.24, 2.45) is 5.92 Å². The van der Waals surface area contributed by atoms with Crippen LogP contribution in [0.2, 0.25) is 0 Å². The van der Waals surface area contributed by atoms with Gasteiger partial charge in [-0.3, -0.25) is 4.90 Å². The average Bonchev–Trinajstić information content (AvgIpc) is 2.40. The number of rotatable bonds is 4. The molecule has 1 N–H and O–H groups in total. The molecule has 0 aromatic carbocycles. The van der Waals surface area contributed by atoms with E-state index in [2.05, 4.69) is 17.3 Å². The van der Waals surface area contributed by atoms with E-state index in [0.717, 1.165) is 24.6 Å². The van der Waals surface area contributed by atoms with Crippen LogP contribution in [-0.4, -0.2) is 50.8 Å². The first kappa shape index (κ1) is 13.3. The van der Waals surface area contributed by atoms with Gasteiger partial charge in [-0.2, -0.15) is 0 Å². The van der Waals surface area contributed by atoms with Gasteiger partial charge in [0.25, 0.3) is 0 Å². The molecule has 1 saturated heterocycles. The summed E-state index contributed by atoms with van der Waals surface area (Å²) < 4.78 is 5.27. The molecule has 2 unspecified atom stereocenters. The lowest BCUT2D eigenvalue weighted by atomic mass is 9.87. The van der Waals surface area contributed by atoms with Crippen LogP contribution in [0.15, 0.2) is 0 Å². The Labute approximate surface area is 106 Å². The van der Waals surface area contributed by atoms with E-state index in [1.54, 1.807) is 0 Å². The molecule has 3 nitrogen and oxygen atoms in total. The highest BCUT2D eigenvalue weighted by atomic mass is 16.5. The number of likely N-dealkylation sites (N-methyl/N-ethyl adjacent to an activating group) is 1. The van der Waals surface area contributed by atoms with Gasteiger partial charge in [-0.05, 0) is 51.7 Å². The summed E-state index contributed by atoms with van der Waals surface area (Å²) in [5.41, 5.74) is 0. The SMILES string of the molecule is CNC1CCCCC1N1CCC(COC)CC1. The third kappa shape index (κ3) is 3.43. The van der Waals surface area contributed by atoms with E-state index in [9.17, 15) is 0 Å². The first-order valence-electron chi connectivity index (χ1n) is 7.25. The Kier molecular flexibility index (Phi) is 5.26. The van der Waals surface area contributed by atoms with Gasteiger partial charge >= 0.3 is 0 Å². The van der Waals surface area contributed by atoms with E-state index >= 15 is 0 Å². The molecule has 0 bridgehead atoms. The zero-order valence-corrected chi connectivity index (χ0v) is 11.5. The van der Waals surface area contributed by atoms with Crippen molar-refractivity contribution in [3.05, 3.63) is 0 Å². The Balaban J connectivity index is 1.82. The summed E-state index contributed by atoms with van der Waals surface area (Å²) >= 11 is 0. The molecule has 0 amide bonds. The van der Waals surface area contributed by atoms with Gasteiger partial charge in [-0.1, -0.05) is 12.8 Å². The number of likely N-dealkylation sites (tertiary alicyclic amines) is 1. The van der Waals surface area contributed by atoms with Crippen molar-refractivity contribution in [1.29, 1.82) is 0 Å². The predicted molar refractivity (Wildman–Crippen MR) is 71.3 cm³/mol. The molecule has 1 saturated carbocycles. The van der Waals surface area contributed by atoms with Crippen LogP contribution in [0.5, 0.6) is 0 Å². The zero-order valence-electron chi connectivity index (χ0n) is 11.5. The van der Waals surface area contributed by atoms with Gasteiger partial charge < -0.3 is 10.1 Å². The molecular formula is C14H28N2O. The van der Waals surface area contributed by atoms with Crippen LogP contribution in [0, 0.1) is 5.92 Å². The van der Waals surface area contributed by atoms with E-state index < -0.39 is 0 Å². The number of ether oxygens (including phenoxy) is 1. The second kappa shape index (κ2) is 6.72. The lowest BCUT2D eigenvalue weighted by Gasteiger charge is -2.43. The summed E-state index contributed by atoms with van der Waals surface area (Å²) in [5.74, 6) is 0.799. The zero-order chi connectivity index (χ0) is 12.1. The predicted octanol–water partition coefficient (Wildman–Crippen LogP) is 1.88. The van der Waals surface area contributed by atoms with Crippen molar-refractivity contribution >= 4 is 0 Å². The minimum absolute atomic E-state index is 0.725. The highest BCUT2D eigenvalue weighted by Gasteiger charge is 2.31. The standard InChI is InChI=1S/C14H28N2O/c1-15-13-5-3-4-6-14(13)16-9-7-12(8-10-16)11-17-2/h12-15H,3-11H2,1-2H3. The van der Waals surface area contributed by atoms with Gasteiger partial charge in [0.05, 0.1) is 0 Å². The van der Waals surface area contributed by atoms with Gasteiger partial charge in [-0.15, -0.1) is 0 Å². The molecule has 0 radical (unpaired) electrons. The maximum absolute atomic E-state index is 5.27. The molecule has 100 valence electrons. The molecule has 17 heavy (non-hydrogen) atoms. The maximum Gasteiger partial charge on any atom is 0.0491 e. The summed E-state index contributed by atoms with van der Waals surface area (Å²) in [6.45, 7) is 3.50. The van der Waals surface area contributed by atoms with Crippen LogP contribution >= 0.6 is 0 Å². The normalized spacial score (nSPS) is 32.8. The maximum atomic E-state index is 5.27. The topological polar surface area (TPSA) is 24.5 Å². The molecule has 1 heterocycles. The lowest BCUT2D eigenvalue weighted by Crippen LogP contribution is -2.53. The van der Waals surface area contributed by atoms with Gasteiger partial charge in [0.15, 0.2) is 0 Å². The fourth-order valence-corrected chi connectivity index (χ4v) is 3.57. The molecular weight excluding hydrogens is 212 g/mol. The highest BCUT2D eigenvalue weighted by molar-refractivity contribution is 4.89. The van der Waals surface area contributed by atoms with Crippen LogP contribution in [-0.2, 0) is 4.74 Å². The Bertz CT molecular complexity index is 214. The smallest absolute Gasteiger partial charge is 0.0491 e. The van der Waals surface area contributed by atoms with Gasteiger partial charge in [0, 0.05) is 25.8 Å². The monoisotopic (exact) mass is 240 g/mol. The lowest BCUT2D eigenvalue weighted by molar-refractivity contribution is 0.0567. The van der Waals surface area contributed by atoms with E-state index in [-0.39, 0.29) is 0 Å². The molecule has 3 heteroatoms. The summed E-state index contributed by atoms with van der Waals surface area (Å²) in [5, 5.41) is 3.52. The van der Waals surface area contributed by atoms with E-state index in [4.69, 9.17) is 4.74 Å². The van der Waals surface area contributed by atoms with Crippen molar-refractivity contribution in [3.8, 4) is 0 Å². The highest BCUT2D eigenvalue weighted by Crippen LogP contribution is 2.27.